The van der Waals surface area contributed by atoms with Crippen LogP contribution < -0.4 is 10.9 Å². The van der Waals surface area contributed by atoms with Gasteiger partial charge in [-0.1, -0.05) is 0 Å². The molecule has 1 heterocycles. The maximum absolute atomic E-state index is 13.9. The summed E-state index contributed by atoms with van der Waals surface area (Å²) in [6.45, 7) is 29.0. The molecule has 1 rings (SSSR count). The first-order valence-electron chi connectivity index (χ1n) is 19.9. The van der Waals surface area contributed by atoms with Crippen LogP contribution in [0, 0.1) is 0 Å². The number of carbonyl (C=O) groups excluding carboxylic acids is 6. The predicted octanol–water partition coefficient (Wildman–Crippen LogP) is 3.28. The van der Waals surface area contributed by atoms with Crippen LogP contribution in [0.3, 0.4) is 0 Å². The Morgan fingerprint density at radius 3 is 1.09 bits per heavy atom. The van der Waals surface area contributed by atoms with Crippen LogP contribution in [-0.2, 0) is 47.7 Å². The summed E-state index contributed by atoms with van der Waals surface area (Å²) in [6, 6.07) is -0.921. The van der Waals surface area contributed by atoms with Gasteiger partial charge in [0.15, 0.2) is 0 Å². The minimum atomic E-state index is -0.921. The zero-order chi connectivity index (χ0) is 44.0. The highest BCUT2D eigenvalue weighted by Crippen LogP contribution is 2.18. The van der Waals surface area contributed by atoms with Gasteiger partial charge in [-0.15, -0.1) is 0 Å². The second-order valence-electron chi connectivity index (χ2n) is 19.4. The monoisotopic (exact) mass is 815 g/mol. The molecule has 2 N–H and O–H groups in total. The van der Waals surface area contributed by atoms with E-state index in [1.54, 1.807) is 104 Å². The van der Waals surface area contributed by atoms with Crippen molar-refractivity contribution < 1.29 is 52.5 Å². The fraction of sp³-hybridized carbons (Fsp3) is 0.850. The van der Waals surface area contributed by atoms with Crippen molar-refractivity contribution in [2.24, 2.45) is 0 Å². The summed E-state index contributed by atoms with van der Waals surface area (Å²) in [7, 11) is 0. The first-order chi connectivity index (χ1) is 25.8. The average Bonchev–Trinajstić information content (AvgIpc) is 2.96. The fourth-order valence-corrected chi connectivity index (χ4v) is 5.58. The zero-order valence-corrected chi connectivity index (χ0v) is 37.5. The van der Waals surface area contributed by atoms with Crippen molar-refractivity contribution in [3.05, 3.63) is 0 Å². The van der Waals surface area contributed by atoms with Gasteiger partial charge in [-0.2, -0.15) is 0 Å². The third-order valence-corrected chi connectivity index (χ3v) is 7.66. The number of nitrogens with one attached hydrogen (secondary N) is 2. The molecule has 330 valence electrons. The molecule has 2 amide bonds. The van der Waals surface area contributed by atoms with Crippen LogP contribution in [0.2, 0.25) is 0 Å². The molecule has 0 saturated carbocycles. The number of nitrogens with zero attached hydrogens (tertiary/aromatic N) is 4. The summed E-state index contributed by atoms with van der Waals surface area (Å²) in [5.74, 6) is -2.36. The van der Waals surface area contributed by atoms with E-state index in [-0.39, 0.29) is 45.6 Å². The Bertz CT molecular complexity index is 1290. The molecular weight excluding hydrogens is 740 g/mol. The summed E-state index contributed by atoms with van der Waals surface area (Å²) < 4.78 is 28.0. The summed E-state index contributed by atoms with van der Waals surface area (Å²) in [5.41, 5.74) is 0.855. The molecule has 1 aliphatic rings. The number of ether oxygens (including phenoxy) is 5. The molecule has 1 atom stereocenters. The second-order valence-corrected chi connectivity index (χ2v) is 19.4. The van der Waals surface area contributed by atoms with Gasteiger partial charge in [0, 0.05) is 58.8 Å². The van der Waals surface area contributed by atoms with Gasteiger partial charge in [-0.25, -0.2) is 10.2 Å². The Balaban J connectivity index is 3.55. The summed E-state index contributed by atoms with van der Waals surface area (Å²) in [6.07, 6.45) is -0.958. The van der Waals surface area contributed by atoms with E-state index >= 15 is 0 Å². The highest BCUT2D eigenvalue weighted by molar-refractivity contribution is 5.81. The van der Waals surface area contributed by atoms with Gasteiger partial charge in [-0.05, 0) is 110 Å². The van der Waals surface area contributed by atoms with Crippen LogP contribution in [0.15, 0.2) is 0 Å². The van der Waals surface area contributed by atoms with E-state index in [1.807, 2.05) is 19.6 Å². The molecule has 0 bridgehead atoms. The number of carbonyl (C=O) groups is 6. The van der Waals surface area contributed by atoms with Crippen molar-refractivity contribution in [3.8, 4) is 0 Å². The van der Waals surface area contributed by atoms with E-state index in [0.717, 1.165) is 0 Å². The molecule has 0 aromatic carbocycles. The molecule has 17 heteroatoms. The smallest absolute Gasteiger partial charge is 0.426 e. The lowest BCUT2D eigenvalue weighted by Gasteiger charge is -2.37. The minimum Gasteiger partial charge on any atom is -0.459 e. The van der Waals surface area contributed by atoms with Crippen molar-refractivity contribution >= 4 is 35.9 Å². The van der Waals surface area contributed by atoms with Gasteiger partial charge in [0.2, 0.25) is 5.91 Å². The van der Waals surface area contributed by atoms with Crippen LogP contribution in [0.25, 0.3) is 0 Å². The molecule has 0 aliphatic carbocycles. The van der Waals surface area contributed by atoms with Crippen molar-refractivity contribution in [1.82, 2.24) is 30.5 Å². The van der Waals surface area contributed by atoms with Gasteiger partial charge in [0.1, 0.15) is 34.0 Å². The lowest BCUT2D eigenvalue weighted by molar-refractivity contribution is -0.163. The Labute approximate surface area is 341 Å². The van der Waals surface area contributed by atoms with Gasteiger partial charge in [0.05, 0.1) is 19.6 Å². The normalized spacial score (nSPS) is 17.2. The Hall–Kier alpha value is -3.54. The van der Waals surface area contributed by atoms with Gasteiger partial charge >= 0.3 is 30.0 Å². The number of hydrazine groups is 1. The van der Waals surface area contributed by atoms with Crippen LogP contribution >= 0.6 is 0 Å². The second kappa shape index (κ2) is 22.0. The predicted molar refractivity (Wildman–Crippen MR) is 215 cm³/mol. The highest BCUT2D eigenvalue weighted by Gasteiger charge is 2.33. The molecule has 1 saturated heterocycles. The third-order valence-electron chi connectivity index (χ3n) is 7.66. The summed E-state index contributed by atoms with van der Waals surface area (Å²) in [4.78, 5) is 86.0. The zero-order valence-electron chi connectivity index (χ0n) is 37.5. The molecule has 1 aliphatic heterocycles. The minimum absolute atomic E-state index is 0.00445. The first-order valence-corrected chi connectivity index (χ1v) is 19.9. The molecule has 1 fully saturated rings. The van der Waals surface area contributed by atoms with E-state index in [4.69, 9.17) is 23.7 Å². The lowest BCUT2D eigenvalue weighted by Crippen LogP contribution is -2.53. The number of hydrogen-bond acceptors (Lipinski definition) is 15. The maximum atomic E-state index is 13.9. The van der Waals surface area contributed by atoms with Gasteiger partial charge < -0.3 is 23.7 Å². The van der Waals surface area contributed by atoms with Gasteiger partial charge in [-0.3, -0.25) is 49.0 Å². The molecule has 0 unspecified atom stereocenters. The average molecular weight is 815 g/mol. The van der Waals surface area contributed by atoms with Crippen LogP contribution in [0.1, 0.15) is 117 Å². The molecule has 0 aromatic rings. The number of esters is 4. The quantitative estimate of drug-likeness (QED) is 0.176. The van der Waals surface area contributed by atoms with Crippen molar-refractivity contribution in [1.29, 1.82) is 0 Å². The molecular formula is C40H74N6O11. The van der Waals surface area contributed by atoms with E-state index in [2.05, 4.69) is 10.9 Å². The van der Waals surface area contributed by atoms with Crippen molar-refractivity contribution in [3.63, 3.8) is 0 Å². The van der Waals surface area contributed by atoms with E-state index in [0.29, 0.717) is 39.3 Å². The largest absolute Gasteiger partial charge is 0.459 e. The first kappa shape index (κ1) is 51.5. The van der Waals surface area contributed by atoms with E-state index < -0.39 is 69.9 Å². The molecule has 0 radical (unpaired) electrons. The number of rotatable bonds is 11. The van der Waals surface area contributed by atoms with Crippen molar-refractivity contribution in [2.75, 3.05) is 72.0 Å². The Kier molecular flexibility index (Phi) is 19.9. The third kappa shape index (κ3) is 26.2. The molecule has 0 spiro atoms. The van der Waals surface area contributed by atoms with Crippen LogP contribution in [0.5, 0.6) is 0 Å². The SMILES string of the molecule is CC(C)(C)OC(=O)CN1CCN(CC(=O)OC(C)(C)C)CCN([C@H](CCC(=O)NNC(=O)OC(C)(C)C)C(=O)OC(C)(C)C)CCN(CC(=O)OC(C)(C)C)CC1. The summed E-state index contributed by atoms with van der Waals surface area (Å²) in [5, 5.41) is 0. The number of hydrogen-bond donors (Lipinski definition) is 2. The highest BCUT2D eigenvalue weighted by atomic mass is 16.6. The fourth-order valence-electron chi connectivity index (χ4n) is 5.58. The maximum Gasteiger partial charge on any atom is 0.426 e. The van der Waals surface area contributed by atoms with Crippen molar-refractivity contribution in [2.45, 2.75) is 151 Å². The van der Waals surface area contributed by atoms with Crippen LogP contribution in [0.4, 0.5) is 4.79 Å². The molecule has 17 nitrogen and oxygen atoms in total. The summed E-state index contributed by atoms with van der Waals surface area (Å²) >= 11 is 0. The molecule has 57 heavy (non-hydrogen) atoms. The van der Waals surface area contributed by atoms with E-state index in [9.17, 15) is 28.8 Å². The molecule has 0 aromatic heterocycles. The Morgan fingerprint density at radius 2 is 0.772 bits per heavy atom. The standard InChI is InChI=1S/C40H74N6O11/c1-36(2,3)53-31(48)26-43-18-20-44(27-32(49)54-37(4,5)6)22-24-46(25-23-45(21-19-43)28-33(50)55-38(7,8)9)29(34(51)56-39(10,11)12)16-17-30(47)41-42-35(52)57-40(13,14)15/h29H,16-28H2,1-15H3,(H,41,47)(H,42,52)/t29-/m1/s1. The van der Waals surface area contributed by atoms with Crippen LogP contribution in [-0.4, -0.2) is 162 Å². The topological polar surface area (TPSA) is 186 Å². The lowest BCUT2D eigenvalue weighted by atomic mass is 10.1. The number of amides is 2. The van der Waals surface area contributed by atoms with E-state index in [1.165, 1.54) is 0 Å². The van der Waals surface area contributed by atoms with Gasteiger partial charge in [0.25, 0.3) is 0 Å². The Morgan fingerprint density at radius 1 is 0.456 bits per heavy atom.